The van der Waals surface area contributed by atoms with E-state index >= 15 is 0 Å². The summed E-state index contributed by atoms with van der Waals surface area (Å²) in [6.45, 7) is 6.39. The van der Waals surface area contributed by atoms with E-state index in [-0.39, 0.29) is 17.3 Å². The SMILES string of the molecule is CC(C)C[C@](C)(Cc1ccccc1)NC(=O)c1cnc2cc(F)ccc2c1. The van der Waals surface area contributed by atoms with Crippen LogP contribution in [0, 0.1) is 11.7 Å². The average molecular weight is 364 g/mol. The van der Waals surface area contributed by atoms with E-state index in [0.717, 1.165) is 18.2 Å². The molecular weight excluding hydrogens is 339 g/mol. The van der Waals surface area contributed by atoms with E-state index in [0.29, 0.717) is 17.0 Å². The molecule has 1 atom stereocenters. The van der Waals surface area contributed by atoms with Crippen molar-refractivity contribution >= 4 is 16.8 Å². The quantitative estimate of drug-likeness (QED) is 0.657. The molecule has 140 valence electrons. The minimum Gasteiger partial charge on any atom is -0.346 e. The summed E-state index contributed by atoms with van der Waals surface area (Å²) >= 11 is 0. The number of nitrogens with one attached hydrogen (secondary N) is 1. The van der Waals surface area contributed by atoms with Gasteiger partial charge in [-0.1, -0.05) is 44.2 Å². The fourth-order valence-electron chi connectivity index (χ4n) is 3.68. The Morgan fingerprint density at radius 3 is 2.59 bits per heavy atom. The van der Waals surface area contributed by atoms with Crippen LogP contribution >= 0.6 is 0 Å². The maximum atomic E-state index is 13.3. The number of nitrogens with zero attached hydrogens (tertiary/aromatic N) is 1. The Bertz CT molecular complexity index is 940. The number of fused-ring (bicyclic) bond motifs is 1. The second-order valence-electron chi connectivity index (χ2n) is 7.84. The van der Waals surface area contributed by atoms with Crippen molar-refractivity contribution in [2.24, 2.45) is 5.92 Å². The van der Waals surface area contributed by atoms with E-state index in [1.54, 1.807) is 12.1 Å². The van der Waals surface area contributed by atoms with E-state index in [4.69, 9.17) is 0 Å². The molecule has 1 heterocycles. The van der Waals surface area contributed by atoms with Crippen LogP contribution in [0.15, 0.2) is 60.8 Å². The molecule has 1 aromatic heterocycles. The maximum Gasteiger partial charge on any atom is 0.253 e. The largest absolute Gasteiger partial charge is 0.346 e. The first-order chi connectivity index (χ1) is 12.8. The van der Waals surface area contributed by atoms with Crippen LogP contribution in [0.5, 0.6) is 0 Å². The highest BCUT2D eigenvalue weighted by molar-refractivity contribution is 5.97. The van der Waals surface area contributed by atoms with Crippen molar-refractivity contribution < 1.29 is 9.18 Å². The van der Waals surface area contributed by atoms with Crippen LogP contribution in [-0.2, 0) is 6.42 Å². The van der Waals surface area contributed by atoms with Gasteiger partial charge in [0.1, 0.15) is 5.82 Å². The van der Waals surface area contributed by atoms with Gasteiger partial charge < -0.3 is 5.32 Å². The van der Waals surface area contributed by atoms with Crippen LogP contribution in [0.25, 0.3) is 10.9 Å². The first-order valence-electron chi connectivity index (χ1n) is 9.26. The highest BCUT2D eigenvalue weighted by atomic mass is 19.1. The van der Waals surface area contributed by atoms with Crippen molar-refractivity contribution in [3.05, 3.63) is 77.7 Å². The van der Waals surface area contributed by atoms with Gasteiger partial charge in [-0.25, -0.2) is 4.39 Å². The lowest BCUT2D eigenvalue weighted by Crippen LogP contribution is -2.48. The van der Waals surface area contributed by atoms with Gasteiger partial charge in [0.15, 0.2) is 0 Å². The standard InChI is InChI=1S/C23H25FN2O/c1-16(2)13-23(3,14-17-7-5-4-6-8-17)26-22(27)19-11-18-9-10-20(24)12-21(18)25-15-19/h4-12,15-16H,13-14H2,1-3H3,(H,26,27)/t23-/m1/s1. The molecule has 27 heavy (non-hydrogen) atoms. The van der Waals surface area contributed by atoms with E-state index < -0.39 is 0 Å². The Labute approximate surface area is 159 Å². The molecule has 0 aliphatic carbocycles. The fourth-order valence-corrected chi connectivity index (χ4v) is 3.68. The number of rotatable bonds is 6. The summed E-state index contributed by atoms with van der Waals surface area (Å²) in [7, 11) is 0. The molecule has 3 rings (SSSR count). The molecule has 3 nitrogen and oxygen atoms in total. The van der Waals surface area contributed by atoms with Gasteiger partial charge in [0, 0.05) is 23.2 Å². The Morgan fingerprint density at radius 2 is 1.89 bits per heavy atom. The number of benzene rings is 2. The monoisotopic (exact) mass is 364 g/mol. The molecule has 0 bridgehead atoms. The number of aromatic nitrogens is 1. The smallest absolute Gasteiger partial charge is 0.253 e. The molecule has 3 aromatic rings. The van der Waals surface area contributed by atoms with Gasteiger partial charge in [0.25, 0.3) is 5.91 Å². The Morgan fingerprint density at radius 1 is 1.15 bits per heavy atom. The Kier molecular flexibility index (Phi) is 5.54. The molecule has 1 N–H and O–H groups in total. The Hall–Kier alpha value is -2.75. The third-order valence-electron chi connectivity index (χ3n) is 4.62. The topological polar surface area (TPSA) is 42.0 Å². The van der Waals surface area contributed by atoms with Crippen molar-refractivity contribution in [1.29, 1.82) is 0 Å². The third kappa shape index (κ3) is 4.91. The van der Waals surface area contributed by atoms with Gasteiger partial charge in [0.2, 0.25) is 0 Å². The lowest BCUT2D eigenvalue weighted by molar-refractivity contribution is 0.0894. The molecule has 0 fully saturated rings. The van der Waals surface area contributed by atoms with Gasteiger partial charge >= 0.3 is 0 Å². The minimum absolute atomic E-state index is 0.159. The van der Waals surface area contributed by atoms with Gasteiger partial charge in [-0.3, -0.25) is 9.78 Å². The summed E-state index contributed by atoms with van der Waals surface area (Å²) in [4.78, 5) is 17.2. The number of amides is 1. The molecule has 2 aromatic carbocycles. The first-order valence-corrected chi connectivity index (χ1v) is 9.26. The van der Waals surface area contributed by atoms with Crippen molar-refractivity contribution in [2.45, 2.75) is 39.2 Å². The van der Waals surface area contributed by atoms with Gasteiger partial charge in [-0.15, -0.1) is 0 Å². The van der Waals surface area contributed by atoms with Gasteiger partial charge in [-0.05, 0) is 49.4 Å². The van der Waals surface area contributed by atoms with Crippen LogP contribution in [0.3, 0.4) is 0 Å². The fraction of sp³-hybridized carbons (Fsp3) is 0.304. The molecule has 0 radical (unpaired) electrons. The summed E-state index contributed by atoms with van der Waals surface area (Å²) in [6.07, 6.45) is 3.12. The Balaban J connectivity index is 1.84. The first kappa shape index (κ1) is 19.0. The van der Waals surface area contributed by atoms with E-state index in [1.165, 1.54) is 23.9 Å². The molecule has 0 aliphatic heterocycles. The zero-order valence-electron chi connectivity index (χ0n) is 16.0. The molecule has 4 heteroatoms. The van der Waals surface area contributed by atoms with Gasteiger partial charge in [0.05, 0.1) is 11.1 Å². The predicted octanol–water partition coefficient (Wildman–Crippen LogP) is 5.15. The number of hydrogen-bond donors (Lipinski definition) is 1. The highest BCUT2D eigenvalue weighted by Gasteiger charge is 2.28. The van der Waals surface area contributed by atoms with Crippen LogP contribution in [0.2, 0.25) is 0 Å². The van der Waals surface area contributed by atoms with Crippen molar-refractivity contribution in [3.8, 4) is 0 Å². The summed E-state index contributed by atoms with van der Waals surface area (Å²) < 4.78 is 13.3. The highest BCUT2D eigenvalue weighted by Crippen LogP contribution is 2.23. The van der Waals surface area contributed by atoms with E-state index in [9.17, 15) is 9.18 Å². The van der Waals surface area contributed by atoms with Crippen LogP contribution in [-0.4, -0.2) is 16.4 Å². The maximum absolute atomic E-state index is 13.3. The number of carbonyl (C=O) groups excluding carboxylic acids is 1. The number of carbonyl (C=O) groups is 1. The zero-order chi connectivity index (χ0) is 19.4. The number of halogens is 1. The van der Waals surface area contributed by atoms with Crippen molar-refractivity contribution in [3.63, 3.8) is 0 Å². The van der Waals surface area contributed by atoms with E-state index in [1.807, 2.05) is 18.2 Å². The van der Waals surface area contributed by atoms with Crippen LogP contribution in [0.1, 0.15) is 43.1 Å². The minimum atomic E-state index is -0.371. The second-order valence-corrected chi connectivity index (χ2v) is 7.84. The molecule has 0 unspecified atom stereocenters. The lowest BCUT2D eigenvalue weighted by atomic mass is 9.84. The van der Waals surface area contributed by atoms with Crippen LogP contribution < -0.4 is 5.32 Å². The average Bonchev–Trinajstić information content (AvgIpc) is 2.61. The van der Waals surface area contributed by atoms with Crippen molar-refractivity contribution in [2.75, 3.05) is 0 Å². The molecule has 1 amide bonds. The number of pyridine rings is 1. The van der Waals surface area contributed by atoms with E-state index in [2.05, 4.69) is 43.2 Å². The molecule has 0 aliphatic rings. The van der Waals surface area contributed by atoms with Crippen LogP contribution in [0.4, 0.5) is 4.39 Å². The third-order valence-corrected chi connectivity index (χ3v) is 4.62. The number of hydrogen-bond acceptors (Lipinski definition) is 2. The molecule has 0 saturated carbocycles. The second kappa shape index (κ2) is 7.87. The zero-order valence-corrected chi connectivity index (χ0v) is 16.0. The van der Waals surface area contributed by atoms with Gasteiger partial charge in [-0.2, -0.15) is 0 Å². The normalized spacial score (nSPS) is 13.5. The summed E-state index contributed by atoms with van der Waals surface area (Å²) in [5.74, 6) is -0.0518. The van der Waals surface area contributed by atoms with Crippen molar-refractivity contribution in [1.82, 2.24) is 10.3 Å². The summed E-state index contributed by atoms with van der Waals surface area (Å²) in [6, 6.07) is 16.3. The molecule has 0 saturated heterocycles. The summed E-state index contributed by atoms with van der Waals surface area (Å²) in [5, 5.41) is 3.96. The molecule has 0 spiro atoms. The molecular formula is C23H25FN2O. The lowest BCUT2D eigenvalue weighted by Gasteiger charge is -2.33. The summed E-state index contributed by atoms with van der Waals surface area (Å²) in [5.41, 5.74) is 1.84. The predicted molar refractivity (Wildman–Crippen MR) is 107 cm³/mol.